The van der Waals surface area contributed by atoms with Crippen LogP contribution in [0.5, 0.6) is 0 Å². The number of carboxylic acids is 1. The van der Waals surface area contributed by atoms with Crippen LogP contribution in [0.2, 0.25) is 0 Å². The maximum Gasteiger partial charge on any atom is 0.337 e. The summed E-state index contributed by atoms with van der Waals surface area (Å²) >= 11 is 3.37. The van der Waals surface area contributed by atoms with Gasteiger partial charge in [-0.1, -0.05) is 41.1 Å². The summed E-state index contributed by atoms with van der Waals surface area (Å²) in [5, 5.41) is 11.8. The highest BCUT2D eigenvalue weighted by Crippen LogP contribution is 2.25. The van der Waals surface area contributed by atoms with E-state index in [0.717, 1.165) is 10.0 Å². The molecule has 7 nitrogen and oxygen atoms in total. The number of carbonyl (C=O) groups is 2. The predicted octanol–water partition coefficient (Wildman–Crippen LogP) is 4.76. The van der Waals surface area contributed by atoms with E-state index in [4.69, 9.17) is 0 Å². The number of halogens is 1. The fourth-order valence-corrected chi connectivity index (χ4v) is 4.49. The molecule has 31 heavy (non-hydrogen) atoms. The van der Waals surface area contributed by atoms with Crippen molar-refractivity contribution in [2.24, 2.45) is 0 Å². The summed E-state index contributed by atoms with van der Waals surface area (Å²) in [5.41, 5.74) is 1.40. The van der Waals surface area contributed by atoms with Crippen molar-refractivity contribution < 1.29 is 23.1 Å². The minimum Gasteiger partial charge on any atom is -0.478 e. The molecular formula is C22H19BrN2O5S. The summed E-state index contributed by atoms with van der Waals surface area (Å²) in [6.07, 6.45) is 0.628. The van der Waals surface area contributed by atoms with Crippen LogP contribution in [0.4, 0.5) is 11.4 Å². The zero-order chi connectivity index (χ0) is 22.6. The molecule has 0 saturated carbocycles. The zero-order valence-electron chi connectivity index (χ0n) is 16.4. The number of para-hydroxylation sites is 1. The van der Waals surface area contributed by atoms with Gasteiger partial charge in [0.15, 0.2) is 0 Å². The quantitative estimate of drug-likeness (QED) is 0.430. The van der Waals surface area contributed by atoms with Crippen LogP contribution in [0.25, 0.3) is 0 Å². The molecule has 0 unspecified atom stereocenters. The Morgan fingerprint density at radius 1 is 0.968 bits per heavy atom. The highest BCUT2D eigenvalue weighted by Gasteiger charge is 2.19. The molecule has 3 rings (SSSR count). The van der Waals surface area contributed by atoms with E-state index in [9.17, 15) is 23.1 Å². The standard InChI is InChI=1S/C22H19BrN2O5S/c1-2-14-12-16(23)10-11-19(14)25-31(29,30)17-7-5-6-15(13-17)21(26)24-20-9-4-3-8-18(20)22(27)28/h3-13,25H,2H2,1H3,(H,24,26)(H,27,28). The fraction of sp³-hybridized carbons (Fsp3) is 0.0909. The molecule has 9 heteroatoms. The lowest BCUT2D eigenvalue weighted by molar-refractivity contribution is 0.0698. The minimum atomic E-state index is -3.95. The predicted molar refractivity (Wildman–Crippen MR) is 122 cm³/mol. The van der Waals surface area contributed by atoms with Crippen molar-refractivity contribution in [1.29, 1.82) is 0 Å². The number of aromatic carboxylic acids is 1. The van der Waals surface area contributed by atoms with Crippen LogP contribution in [-0.4, -0.2) is 25.4 Å². The van der Waals surface area contributed by atoms with Gasteiger partial charge in [0.1, 0.15) is 0 Å². The Hall–Kier alpha value is -3.17. The van der Waals surface area contributed by atoms with Gasteiger partial charge in [-0.3, -0.25) is 9.52 Å². The van der Waals surface area contributed by atoms with Crippen molar-refractivity contribution >= 4 is 49.2 Å². The van der Waals surface area contributed by atoms with Crippen molar-refractivity contribution in [2.75, 3.05) is 10.0 Å². The smallest absolute Gasteiger partial charge is 0.337 e. The highest BCUT2D eigenvalue weighted by molar-refractivity contribution is 9.10. The number of carboxylic acid groups (broad SMARTS) is 1. The van der Waals surface area contributed by atoms with Crippen LogP contribution in [0.1, 0.15) is 33.2 Å². The molecular weight excluding hydrogens is 484 g/mol. The number of sulfonamides is 1. The van der Waals surface area contributed by atoms with E-state index in [1.54, 1.807) is 24.3 Å². The van der Waals surface area contributed by atoms with E-state index in [1.807, 2.05) is 13.0 Å². The molecule has 0 aliphatic heterocycles. The van der Waals surface area contributed by atoms with Crippen LogP contribution in [0.15, 0.2) is 76.1 Å². The molecule has 0 heterocycles. The minimum absolute atomic E-state index is 0.0661. The number of anilines is 2. The second-order valence-corrected chi connectivity index (χ2v) is 9.19. The second-order valence-electron chi connectivity index (χ2n) is 6.59. The van der Waals surface area contributed by atoms with Gasteiger partial charge >= 0.3 is 5.97 Å². The van der Waals surface area contributed by atoms with Gasteiger partial charge in [0, 0.05) is 10.0 Å². The van der Waals surface area contributed by atoms with Gasteiger partial charge in [0.05, 0.1) is 21.8 Å². The number of benzene rings is 3. The monoisotopic (exact) mass is 502 g/mol. The Balaban J connectivity index is 1.87. The Bertz CT molecular complexity index is 1260. The van der Waals surface area contributed by atoms with Crippen molar-refractivity contribution in [1.82, 2.24) is 0 Å². The average molecular weight is 503 g/mol. The lowest BCUT2D eigenvalue weighted by Gasteiger charge is -2.13. The second kappa shape index (κ2) is 9.32. The molecule has 0 spiro atoms. The van der Waals surface area contributed by atoms with E-state index < -0.39 is 21.9 Å². The normalized spacial score (nSPS) is 11.0. The first-order valence-electron chi connectivity index (χ1n) is 9.26. The first-order valence-corrected chi connectivity index (χ1v) is 11.5. The summed E-state index contributed by atoms with van der Waals surface area (Å²) in [7, 11) is -3.95. The van der Waals surface area contributed by atoms with Crippen molar-refractivity contribution in [3.05, 3.63) is 87.9 Å². The Morgan fingerprint density at radius 2 is 1.71 bits per heavy atom. The van der Waals surface area contributed by atoms with Gasteiger partial charge in [0.2, 0.25) is 0 Å². The van der Waals surface area contributed by atoms with Crippen LogP contribution in [0, 0.1) is 0 Å². The Labute approximate surface area is 188 Å². The highest BCUT2D eigenvalue weighted by atomic mass is 79.9. The summed E-state index contributed by atoms with van der Waals surface area (Å²) in [5.74, 6) is -1.80. The molecule has 160 valence electrons. The number of aryl methyl sites for hydroxylation is 1. The van der Waals surface area contributed by atoms with Crippen LogP contribution in [-0.2, 0) is 16.4 Å². The molecule has 0 aromatic heterocycles. The molecule has 0 radical (unpaired) electrons. The third-order valence-corrected chi connectivity index (χ3v) is 6.36. The first kappa shape index (κ1) is 22.5. The third kappa shape index (κ3) is 5.31. The zero-order valence-corrected chi connectivity index (χ0v) is 18.8. The topological polar surface area (TPSA) is 113 Å². The summed E-state index contributed by atoms with van der Waals surface area (Å²) in [6, 6.07) is 16.7. The lowest BCUT2D eigenvalue weighted by Crippen LogP contribution is -2.17. The first-order chi connectivity index (χ1) is 14.7. The van der Waals surface area contributed by atoms with Gasteiger partial charge in [-0.05, 0) is 60.5 Å². The molecule has 3 aromatic rings. The van der Waals surface area contributed by atoms with E-state index in [2.05, 4.69) is 26.0 Å². The summed E-state index contributed by atoms with van der Waals surface area (Å²) in [6.45, 7) is 1.92. The molecule has 0 aliphatic rings. The third-order valence-electron chi connectivity index (χ3n) is 4.50. The molecule has 0 fully saturated rings. The summed E-state index contributed by atoms with van der Waals surface area (Å²) < 4.78 is 29.2. The number of hydrogen-bond acceptors (Lipinski definition) is 4. The van der Waals surface area contributed by atoms with Crippen LogP contribution >= 0.6 is 15.9 Å². The van der Waals surface area contributed by atoms with E-state index in [0.29, 0.717) is 12.1 Å². The van der Waals surface area contributed by atoms with E-state index >= 15 is 0 Å². The molecule has 1 amide bonds. The maximum atomic E-state index is 12.9. The maximum absolute atomic E-state index is 12.9. The Morgan fingerprint density at radius 3 is 2.42 bits per heavy atom. The van der Waals surface area contributed by atoms with Gasteiger partial charge in [-0.15, -0.1) is 0 Å². The molecule has 3 aromatic carbocycles. The van der Waals surface area contributed by atoms with Crippen LogP contribution < -0.4 is 10.0 Å². The van der Waals surface area contributed by atoms with Crippen molar-refractivity contribution in [3.8, 4) is 0 Å². The number of nitrogens with one attached hydrogen (secondary N) is 2. The molecule has 0 atom stereocenters. The number of rotatable bonds is 7. The number of carbonyl (C=O) groups excluding carboxylic acids is 1. The Kier molecular flexibility index (Phi) is 6.77. The van der Waals surface area contributed by atoms with Crippen molar-refractivity contribution in [3.63, 3.8) is 0 Å². The van der Waals surface area contributed by atoms with Gasteiger partial charge in [0.25, 0.3) is 15.9 Å². The van der Waals surface area contributed by atoms with E-state index in [-0.39, 0.29) is 21.7 Å². The largest absolute Gasteiger partial charge is 0.478 e. The molecule has 0 aliphatic carbocycles. The average Bonchev–Trinajstić information content (AvgIpc) is 2.75. The van der Waals surface area contributed by atoms with Gasteiger partial charge < -0.3 is 10.4 Å². The van der Waals surface area contributed by atoms with Crippen LogP contribution in [0.3, 0.4) is 0 Å². The van der Waals surface area contributed by atoms with Gasteiger partial charge in [-0.25, -0.2) is 13.2 Å². The summed E-state index contributed by atoms with van der Waals surface area (Å²) in [4.78, 5) is 23.9. The molecule has 0 saturated heterocycles. The van der Waals surface area contributed by atoms with Gasteiger partial charge in [-0.2, -0.15) is 0 Å². The molecule has 0 bridgehead atoms. The lowest BCUT2D eigenvalue weighted by atomic mass is 10.1. The number of hydrogen-bond donors (Lipinski definition) is 3. The SMILES string of the molecule is CCc1cc(Br)ccc1NS(=O)(=O)c1cccc(C(=O)Nc2ccccc2C(=O)O)c1. The molecule has 3 N–H and O–H groups in total. The van der Waals surface area contributed by atoms with E-state index in [1.165, 1.54) is 36.4 Å². The van der Waals surface area contributed by atoms with Crippen molar-refractivity contribution in [2.45, 2.75) is 18.2 Å². The number of amides is 1. The fourth-order valence-electron chi connectivity index (χ4n) is 2.94.